The number of fused-ring (bicyclic) bond motifs is 5. The van der Waals surface area contributed by atoms with E-state index in [2.05, 4.69) is 24.0 Å². The molecule has 0 unspecified atom stereocenters. The van der Waals surface area contributed by atoms with E-state index in [4.69, 9.17) is 4.98 Å². The van der Waals surface area contributed by atoms with E-state index < -0.39 is 17.2 Å². The van der Waals surface area contributed by atoms with Gasteiger partial charge in [-0.15, -0.1) is 0 Å². The molecule has 2 heterocycles. The SMILES string of the molecule is C=C/C=C\c1c(C)c2ccccc2n2c1nc1cc(-c3c(O)c(C)c(O)c(O)c3O)ccc12. The molecule has 164 valence electrons. The Bertz CT molecular complexity index is 1610. The number of pyridine rings is 1. The smallest absolute Gasteiger partial charge is 0.201 e. The van der Waals surface area contributed by atoms with Crippen molar-refractivity contribution >= 4 is 33.7 Å². The number of para-hydroxylation sites is 1. The molecule has 5 aromatic rings. The van der Waals surface area contributed by atoms with Gasteiger partial charge in [-0.05, 0) is 43.2 Å². The largest absolute Gasteiger partial charge is 0.507 e. The van der Waals surface area contributed by atoms with Gasteiger partial charge < -0.3 is 20.4 Å². The number of phenols is 4. The molecule has 0 saturated carbocycles. The highest BCUT2D eigenvalue weighted by Gasteiger charge is 2.23. The quantitative estimate of drug-likeness (QED) is 0.159. The summed E-state index contributed by atoms with van der Waals surface area (Å²) in [6, 6.07) is 13.5. The summed E-state index contributed by atoms with van der Waals surface area (Å²) >= 11 is 0. The van der Waals surface area contributed by atoms with E-state index in [0.29, 0.717) is 11.1 Å². The molecule has 0 amide bonds. The number of rotatable bonds is 3. The number of hydrogen-bond acceptors (Lipinski definition) is 5. The van der Waals surface area contributed by atoms with E-state index >= 15 is 0 Å². The second kappa shape index (κ2) is 7.31. The van der Waals surface area contributed by atoms with Crippen LogP contribution in [0.1, 0.15) is 16.7 Å². The van der Waals surface area contributed by atoms with Gasteiger partial charge in [0.2, 0.25) is 5.75 Å². The number of benzene rings is 3. The number of aromatic hydroxyl groups is 4. The van der Waals surface area contributed by atoms with Gasteiger partial charge in [0, 0.05) is 16.5 Å². The zero-order valence-corrected chi connectivity index (χ0v) is 18.2. The van der Waals surface area contributed by atoms with Gasteiger partial charge in [-0.25, -0.2) is 4.98 Å². The van der Waals surface area contributed by atoms with E-state index in [9.17, 15) is 20.4 Å². The zero-order chi connectivity index (χ0) is 23.4. The van der Waals surface area contributed by atoms with Gasteiger partial charge in [0.05, 0.1) is 22.1 Å². The lowest BCUT2D eigenvalue weighted by atomic mass is 9.98. The molecule has 6 nitrogen and oxygen atoms in total. The molecule has 33 heavy (non-hydrogen) atoms. The fourth-order valence-electron chi connectivity index (χ4n) is 4.42. The van der Waals surface area contributed by atoms with Crippen LogP contribution in [0.5, 0.6) is 23.0 Å². The summed E-state index contributed by atoms with van der Waals surface area (Å²) in [6.45, 7) is 7.30. The maximum absolute atomic E-state index is 10.6. The Kier molecular flexibility index (Phi) is 4.53. The van der Waals surface area contributed by atoms with Gasteiger partial charge in [-0.2, -0.15) is 0 Å². The zero-order valence-electron chi connectivity index (χ0n) is 18.2. The Labute approximate surface area is 189 Å². The summed E-state index contributed by atoms with van der Waals surface area (Å²) < 4.78 is 2.09. The standard InChI is InChI=1S/C27H22N2O4/c1-4-5-8-18-14(2)17-9-6-7-10-20(17)29-21-12-11-16(13-19(21)28-27(18)29)22-23(30)15(3)24(31)26(33)25(22)32/h4-13,30-33H,1H2,2-3H3/b8-5-. The van der Waals surface area contributed by atoms with Crippen molar-refractivity contribution in [3.8, 4) is 34.1 Å². The number of hydrogen-bond donors (Lipinski definition) is 4. The molecule has 5 rings (SSSR count). The highest BCUT2D eigenvalue weighted by atomic mass is 16.3. The normalized spacial score (nSPS) is 11.8. The first-order valence-electron chi connectivity index (χ1n) is 10.4. The van der Waals surface area contributed by atoms with Gasteiger partial charge >= 0.3 is 0 Å². The molecule has 0 aliphatic rings. The highest BCUT2D eigenvalue weighted by molar-refractivity contribution is 5.98. The third kappa shape index (κ3) is 2.84. The van der Waals surface area contributed by atoms with Gasteiger partial charge in [0.1, 0.15) is 11.4 Å². The van der Waals surface area contributed by atoms with Crippen LogP contribution in [0.3, 0.4) is 0 Å². The van der Waals surface area contributed by atoms with Crippen LogP contribution in [0.15, 0.2) is 61.2 Å². The number of aryl methyl sites for hydroxylation is 1. The first-order valence-corrected chi connectivity index (χ1v) is 10.4. The van der Waals surface area contributed by atoms with Crippen LogP contribution in [0.2, 0.25) is 0 Å². The molecule has 0 aliphatic carbocycles. The minimum atomic E-state index is -0.672. The summed E-state index contributed by atoms with van der Waals surface area (Å²) in [7, 11) is 0. The van der Waals surface area contributed by atoms with E-state index in [1.807, 2.05) is 36.4 Å². The Morgan fingerprint density at radius 1 is 0.848 bits per heavy atom. The lowest BCUT2D eigenvalue weighted by molar-refractivity contribution is 0.360. The Morgan fingerprint density at radius 3 is 2.36 bits per heavy atom. The van der Waals surface area contributed by atoms with Crippen LogP contribution in [0.4, 0.5) is 0 Å². The molecule has 2 aromatic heterocycles. The van der Waals surface area contributed by atoms with Crippen LogP contribution < -0.4 is 0 Å². The number of allylic oxidation sites excluding steroid dienone is 2. The van der Waals surface area contributed by atoms with Crippen molar-refractivity contribution in [2.45, 2.75) is 13.8 Å². The molecular weight excluding hydrogens is 416 g/mol. The number of nitrogens with zero attached hydrogens (tertiary/aromatic N) is 2. The van der Waals surface area contributed by atoms with Crippen molar-refractivity contribution in [2.75, 3.05) is 0 Å². The van der Waals surface area contributed by atoms with Crippen molar-refractivity contribution in [3.63, 3.8) is 0 Å². The molecule has 4 N–H and O–H groups in total. The van der Waals surface area contributed by atoms with Crippen molar-refractivity contribution in [2.24, 2.45) is 0 Å². The van der Waals surface area contributed by atoms with Crippen molar-refractivity contribution < 1.29 is 20.4 Å². The fourth-order valence-corrected chi connectivity index (χ4v) is 4.42. The molecule has 0 bridgehead atoms. The van der Waals surface area contributed by atoms with Crippen LogP contribution in [-0.4, -0.2) is 29.8 Å². The van der Waals surface area contributed by atoms with Crippen LogP contribution in [0, 0.1) is 13.8 Å². The molecule has 0 aliphatic heterocycles. The topological polar surface area (TPSA) is 98.2 Å². The lowest BCUT2D eigenvalue weighted by Crippen LogP contribution is -1.95. The minimum Gasteiger partial charge on any atom is -0.507 e. The molecule has 3 aromatic carbocycles. The third-order valence-corrected chi connectivity index (χ3v) is 6.17. The predicted octanol–water partition coefficient (Wildman–Crippen LogP) is 5.95. The van der Waals surface area contributed by atoms with Gasteiger partial charge in [-0.3, -0.25) is 4.40 Å². The molecule has 0 atom stereocenters. The molecule has 0 fully saturated rings. The van der Waals surface area contributed by atoms with Crippen molar-refractivity contribution in [3.05, 3.63) is 77.9 Å². The van der Waals surface area contributed by atoms with E-state index in [-0.39, 0.29) is 16.9 Å². The van der Waals surface area contributed by atoms with E-state index in [1.54, 1.807) is 18.2 Å². The predicted molar refractivity (Wildman–Crippen MR) is 131 cm³/mol. The summed E-state index contributed by atoms with van der Waals surface area (Å²) in [5.41, 5.74) is 5.94. The minimum absolute atomic E-state index is 0.0366. The molecular formula is C27H22N2O4. The summed E-state index contributed by atoms with van der Waals surface area (Å²) in [5, 5.41) is 42.2. The molecule has 0 radical (unpaired) electrons. The van der Waals surface area contributed by atoms with Gasteiger partial charge in [0.25, 0.3) is 0 Å². The maximum Gasteiger partial charge on any atom is 0.201 e. The fraction of sp³-hybridized carbons (Fsp3) is 0.0741. The van der Waals surface area contributed by atoms with Crippen molar-refractivity contribution in [1.82, 2.24) is 9.38 Å². The average molecular weight is 438 g/mol. The van der Waals surface area contributed by atoms with Crippen molar-refractivity contribution in [1.29, 1.82) is 0 Å². The van der Waals surface area contributed by atoms with Gasteiger partial charge in [0.15, 0.2) is 11.5 Å². The van der Waals surface area contributed by atoms with Crippen LogP contribution in [-0.2, 0) is 0 Å². The second-order valence-corrected chi connectivity index (χ2v) is 8.02. The summed E-state index contributed by atoms with van der Waals surface area (Å²) in [4.78, 5) is 4.89. The van der Waals surface area contributed by atoms with E-state index in [1.165, 1.54) is 6.92 Å². The molecule has 6 heteroatoms. The monoisotopic (exact) mass is 438 g/mol. The summed E-state index contributed by atoms with van der Waals surface area (Å²) in [5.74, 6) is -2.12. The Balaban J connectivity index is 1.89. The van der Waals surface area contributed by atoms with E-state index in [0.717, 1.165) is 33.2 Å². The second-order valence-electron chi connectivity index (χ2n) is 8.02. The Morgan fingerprint density at radius 2 is 1.61 bits per heavy atom. The Hall–Kier alpha value is -4.45. The average Bonchev–Trinajstić information content (AvgIpc) is 3.20. The number of aromatic nitrogens is 2. The maximum atomic E-state index is 10.6. The van der Waals surface area contributed by atoms with Crippen LogP contribution >= 0.6 is 0 Å². The van der Waals surface area contributed by atoms with Gasteiger partial charge in [-0.1, -0.05) is 49.1 Å². The molecule has 0 spiro atoms. The number of phenolic OH excluding ortho intramolecular Hbond substituents is 4. The highest BCUT2D eigenvalue weighted by Crippen LogP contribution is 2.51. The van der Waals surface area contributed by atoms with Crippen LogP contribution in [0.25, 0.3) is 44.8 Å². The number of imidazole rings is 1. The first-order chi connectivity index (χ1) is 15.8. The first kappa shape index (κ1) is 20.5. The summed E-state index contributed by atoms with van der Waals surface area (Å²) in [6.07, 6.45) is 5.58. The molecule has 0 saturated heterocycles. The third-order valence-electron chi connectivity index (χ3n) is 6.17. The lowest BCUT2D eigenvalue weighted by Gasteiger charge is -2.13.